The van der Waals surface area contributed by atoms with Crippen molar-refractivity contribution in [2.45, 2.75) is 13.8 Å². The van der Waals surface area contributed by atoms with Crippen molar-refractivity contribution in [3.05, 3.63) is 89.6 Å². The largest absolute Gasteiger partial charge is 0.429 e. The van der Waals surface area contributed by atoms with E-state index >= 15 is 0 Å². The maximum Gasteiger partial charge on any atom is 0.298 e. The van der Waals surface area contributed by atoms with E-state index in [1.165, 1.54) is 36.8 Å². The van der Waals surface area contributed by atoms with Crippen LogP contribution in [0.2, 0.25) is 0 Å². The Hall–Kier alpha value is -4.51. The van der Waals surface area contributed by atoms with Crippen LogP contribution in [0, 0.1) is 13.8 Å². The fourth-order valence-electron chi connectivity index (χ4n) is 4.32. The first-order valence-electron chi connectivity index (χ1n) is 12.4. The number of carbonyl (C=O) groups excluding carboxylic acids is 2. The first kappa shape index (κ1) is 26.7. The van der Waals surface area contributed by atoms with Crippen LogP contribution in [-0.2, 0) is 9.59 Å². The fourth-order valence-corrected chi connectivity index (χ4v) is 7.67. The Morgan fingerprint density at radius 2 is 1.34 bits per heavy atom. The van der Waals surface area contributed by atoms with Gasteiger partial charge >= 0.3 is 0 Å². The molecule has 0 N–H and O–H groups in total. The summed E-state index contributed by atoms with van der Waals surface area (Å²) in [6, 6.07) is 19.2. The molecule has 0 aliphatic carbocycles. The van der Waals surface area contributed by atoms with Crippen LogP contribution in [0.4, 0.5) is 0 Å². The Bertz CT molecular complexity index is 1890. The molecule has 0 bridgehead atoms. The Kier molecular flexibility index (Phi) is 7.51. The lowest BCUT2D eigenvalue weighted by Crippen LogP contribution is -1.97. The molecule has 6 rings (SSSR count). The van der Waals surface area contributed by atoms with Gasteiger partial charge in [-0.3, -0.25) is 19.6 Å². The highest BCUT2D eigenvalue weighted by molar-refractivity contribution is 7.27. The third kappa shape index (κ3) is 5.71. The number of aromatic nitrogens is 3. The van der Waals surface area contributed by atoms with Gasteiger partial charge in [-0.2, -0.15) is 0 Å². The van der Waals surface area contributed by atoms with Gasteiger partial charge in [-0.1, -0.05) is 0 Å². The van der Waals surface area contributed by atoms with Crippen molar-refractivity contribution in [1.82, 2.24) is 15.0 Å². The van der Waals surface area contributed by atoms with E-state index in [1.807, 2.05) is 12.1 Å². The molecule has 0 fully saturated rings. The maximum atomic E-state index is 11.2. The van der Waals surface area contributed by atoms with Gasteiger partial charge in [0.1, 0.15) is 11.5 Å². The van der Waals surface area contributed by atoms with Gasteiger partial charge in [-0.15, -0.1) is 34.0 Å². The van der Waals surface area contributed by atoms with E-state index < -0.39 is 0 Å². The zero-order valence-corrected chi connectivity index (χ0v) is 24.3. The summed E-state index contributed by atoms with van der Waals surface area (Å²) in [6.07, 6.45) is 3.25. The summed E-state index contributed by atoms with van der Waals surface area (Å²) in [6.45, 7) is 4.96. The molecule has 0 aliphatic rings. The molecular weight excluding hydrogens is 575 g/mol. The second kappa shape index (κ2) is 11.5. The van der Waals surface area contributed by atoms with Crippen LogP contribution < -0.4 is 9.47 Å². The predicted octanol–water partition coefficient (Wildman–Crippen LogP) is 8.08. The number of pyridine rings is 3. The molecular formula is C31H21N3O4S3. The topological polar surface area (TPSA) is 91.3 Å². The molecule has 6 aromatic heterocycles. The molecule has 0 amide bonds. The summed E-state index contributed by atoms with van der Waals surface area (Å²) in [5.41, 5.74) is 5.50. The Balaban J connectivity index is 1.35. The average molecular weight is 596 g/mol. The Labute approximate surface area is 247 Å². The van der Waals surface area contributed by atoms with Crippen LogP contribution in [0.3, 0.4) is 0 Å². The highest BCUT2D eigenvalue weighted by Gasteiger charge is 2.16. The third-order valence-corrected chi connectivity index (χ3v) is 9.98. The van der Waals surface area contributed by atoms with Gasteiger partial charge < -0.3 is 9.47 Å². The van der Waals surface area contributed by atoms with Gasteiger partial charge in [0, 0.05) is 55.0 Å². The van der Waals surface area contributed by atoms with Crippen LogP contribution in [0.1, 0.15) is 11.1 Å². The van der Waals surface area contributed by atoms with E-state index in [2.05, 4.69) is 53.5 Å². The average Bonchev–Trinajstić information content (AvgIpc) is 3.73. The van der Waals surface area contributed by atoms with E-state index in [0.29, 0.717) is 47.2 Å². The summed E-state index contributed by atoms with van der Waals surface area (Å²) < 4.78 is 10.1. The number of rotatable bonds is 9. The van der Waals surface area contributed by atoms with Gasteiger partial charge in [0.25, 0.3) is 12.9 Å². The van der Waals surface area contributed by atoms with Crippen LogP contribution in [-0.4, -0.2) is 27.9 Å². The summed E-state index contributed by atoms with van der Waals surface area (Å²) >= 11 is 5.32. The molecule has 0 spiro atoms. The van der Waals surface area contributed by atoms with E-state index in [9.17, 15) is 9.59 Å². The molecule has 6 heterocycles. The maximum absolute atomic E-state index is 11.2. The van der Waals surface area contributed by atoms with Gasteiger partial charge in [-0.25, -0.2) is 4.98 Å². The standard InChI is InChI=1S/C31H21N3O4S3/c1-18-9-30(39-15-18)27-3-4-28(40-27)31-19(2)10-29(41-31)20-5-7-32-23(11-20)25-13-22(38-17-36)14-26(34-25)24-12-21(37-16-35)6-8-33-24/h3-17H,1-2H3. The minimum absolute atomic E-state index is 0.291. The number of thiophene rings is 3. The molecule has 0 saturated heterocycles. The minimum Gasteiger partial charge on any atom is -0.429 e. The lowest BCUT2D eigenvalue weighted by molar-refractivity contribution is -0.121. The van der Waals surface area contributed by atoms with Crippen molar-refractivity contribution >= 4 is 47.0 Å². The quantitative estimate of drug-likeness (QED) is 0.156. The number of aryl methyl sites for hydroxylation is 2. The predicted molar refractivity (Wildman–Crippen MR) is 163 cm³/mol. The molecule has 0 saturated carbocycles. The summed E-state index contributed by atoms with van der Waals surface area (Å²) in [7, 11) is 0. The molecule has 0 atom stereocenters. The normalized spacial score (nSPS) is 10.9. The molecule has 202 valence electrons. The number of carbonyl (C=O) groups is 2. The number of nitrogens with zero attached hydrogens (tertiary/aromatic N) is 3. The third-order valence-electron chi connectivity index (χ3n) is 6.19. The van der Waals surface area contributed by atoms with E-state index in [0.717, 1.165) is 10.4 Å². The van der Waals surface area contributed by atoms with Crippen molar-refractivity contribution in [1.29, 1.82) is 0 Å². The van der Waals surface area contributed by atoms with Crippen molar-refractivity contribution in [2.24, 2.45) is 0 Å². The summed E-state index contributed by atoms with van der Waals surface area (Å²) in [5, 5.41) is 2.18. The highest BCUT2D eigenvalue weighted by atomic mass is 32.1. The highest BCUT2D eigenvalue weighted by Crippen LogP contribution is 2.44. The second-order valence-corrected chi connectivity index (χ2v) is 12.1. The zero-order chi connectivity index (χ0) is 28.3. The van der Waals surface area contributed by atoms with Crippen molar-refractivity contribution in [2.75, 3.05) is 0 Å². The molecule has 41 heavy (non-hydrogen) atoms. The Morgan fingerprint density at radius 1 is 0.659 bits per heavy atom. The molecule has 0 unspecified atom stereocenters. The van der Waals surface area contributed by atoms with E-state index in [1.54, 1.807) is 64.5 Å². The lowest BCUT2D eigenvalue weighted by Gasteiger charge is -2.09. The van der Waals surface area contributed by atoms with Gasteiger partial charge in [0.2, 0.25) is 0 Å². The van der Waals surface area contributed by atoms with Gasteiger partial charge in [0.15, 0.2) is 0 Å². The van der Waals surface area contributed by atoms with Crippen LogP contribution >= 0.6 is 34.0 Å². The van der Waals surface area contributed by atoms with Crippen molar-refractivity contribution in [3.8, 4) is 64.2 Å². The lowest BCUT2D eigenvalue weighted by atomic mass is 10.1. The fraction of sp³-hybridized carbons (Fsp3) is 0.0645. The molecule has 7 nitrogen and oxygen atoms in total. The summed E-state index contributed by atoms with van der Waals surface area (Å²) in [4.78, 5) is 41.7. The zero-order valence-electron chi connectivity index (χ0n) is 21.9. The molecule has 0 radical (unpaired) electrons. The molecule has 0 aliphatic heterocycles. The van der Waals surface area contributed by atoms with Crippen molar-refractivity contribution in [3.63, 3.8) is 0 Å². The molecule has 6 aromatic rings. The van der Waals surface area contributed by atoms with Crippen LogP contribution in [0.25, 0.3) is 52.7 Å². The van der Waals surface area contributed by atoms with Gasteiger partial charge in [-0.05, 0) is 78.4 Å². The number of hydrogen-bond donors (Lipinski definition) is 0. The van der Waals surface area contributed by atoms with Gasteiger partial charge in [0.05, 0.1) is 22.8 Å². The van der Waals surface area contributed by atoms with Crippen LogP contribution in [0.5, 0.6) is 11.5 Å². The first-order chi connectivity index (χ1) is 20.0. The van der Waals surface area contributed by atoms with Crippen molar-refractivity contribution < 1.29 is 19.1 Å². The first-order valence-corrected chi connectivity index (χ1v) is 14.9. The number of ether oxygens (including phenoxy) is 2. The molecule has 10 heteroatoms. The monoisotopic (exact) mass is 595 g/mol. The Morgan fingerprint density at radius 3 is 2.07 bits per heavy atom. The minimum atomic E-state index is 0.291. The molecule has 0 aromatic carbocycles. The smallest absolute Gasteiger partial charge is 0.298 e. The second-order valence-electron chi connectivity index (χ2n) is 9.08. The van der Waals surface area contributed by atoms with E-state index in [-0.39, 0.29) is 0 Å². The summed E-state index contributed by atoms with van der Waals surface area (Å²) in [5.74, 6) is 0.613. The van der Waals surface area contributed by atoms with E-state index in [4.69, 9.17) is 14.5 Å². The number of hydrogen-bond acceptors (Lipinski definition) is 10. The van der Waals surface area contributed by atoms with Crippen LogP contribution in [0.15, 0.2) is 78.4 Å². The SMILES string of the molecule is Cc1csc(-c2ccc(-c3sc(-c4ccnc(-c5cc(OC=O)cc(-c6cc(OC=O)ccn6)n5)c4)cc3C)s2)c1.